The van der Waals surface area contributed by atoms with Crippen LogP contribution in [0, 0.1) is 0 Å². The van der Waals surface area contributed by atoms with Gasteiger partial charge in [0, 0.05) is 23.9 Å². The highest BCUT2D eigenvalue weighted by Gasteiger charge is 2.14. The van der Waals surface area contributed by atoms with E-state index in [1.165, 1.54) is 35.5 Å². The van der Waals surface area contributed by atoms with Gasteiger partial charge in [-0.1, -0.05) is 30.3 Å². The summed E-state index contributed by atoms with van der Waals surface area (Å²) in [5.41, 5.74) is 3.59. The summed E-state index contributed by atoms with van der Waals surface area (Å²) in [6.07, 6.45) is 4.57. The molecule has 0 amide bonds. The predicted molar refractivity (Wildman–Crippen MR) is 81.2 cm³/mol. The van der Waals surface area contributed by atoms with Crippen LogP contribution in [0.15, 0.2) is 36.5 Å². The van der Waals surface area contributed by atoms with E-state index in [1.54, 1.807) is 0 Å². The van der Waals surface area contributed by atoms with Crippen LogP contribution < -0.4 is 5.32 Å². The lowest BCUT2D eigenvalue weighted by molar-refractivity contribution is 0.508. The van der Waals surface area contributed by atoms with Gasteiger partial charge in [-0.05, 0) is 24.2 Å². The number of hydrogen-bond donors (Lipinski definition) is 2. The summed E-state index contributed by atoms with van der Waals surface area (Å²) >= 11 is 2.05. The number of aromatic nitrogens is 2. The van der Waals surface area contributed by atoms with Crippen molar-refractivity contribution in [1.29, 1.82) is 0 Å². The summed E-state index contributed by atoms with van der Waals surface area (Å²) in [6.45, 7) is 0.895. The molecule has 1 aromatic carbocycles. The second kappa shape index (κ2) is 6.26. The fraction of sp³-hybridized carbons (Fsp3) is 0.400. The van der Waals surface area contributed by atoms with E-state index in [-0.39, 0.29) is 0 Å². The van der Waals surface area contributed by atoms with Crippen LogP contribution in [0.3, 0.4) is 0 Å². The number of H-pyrrole nitrogens is 1. The molecule has 3 rings (SSSR count). The molecule has 19 heavy (non-hydrogen) atoms. The van der Waals surface area contributed by atoms with E-state index in [0.717, 1.165) is 12.2 Å². The standard InChI is InChI=1S/C15H19N3S/c1-2-5-12(6-3-1)15-13(10-17-18-15)9-16-14-7-4-8-19-11-14/h1-3,5-6,10,14,16H,4,7-9,11H2,(H,17,18)/t14-/m0/s1. The Kier molecular flexibility index (Phi) is 4.20. The number of hydrogen-bond acceptors (Lipinski definition) is 3. The summed E-state index contributed by atoms with van der Waals surface area (Å²) in [5, 5.41) is 11.0. The van der Waals surface area contributed by atoms with Crippen LogP contribution >= 0.6 is 11.8 Å². The first-order valence-electron chi connectivity index (χ1n) is 6.82. The van der Waals surface area contributed by atoms with Crippen LogP contribution in [0.2, 0.25) is 0 Å². The molecular formula is C15H19N3S. The van der Waals surface area contributed by atoms with Crippen molar-refractivity contribution in [2.24, 2.45) is 0 Å². The van der Waals surface area contributed by atoms with Gasteiger partial charge in [0.15, 0.2) is 0 Å². The first kappa shape index (κ1) is 12.8. The van der Waals surface area contributed by atoms with E-state index in [2.05, 4.69) is 51.5 Å². The second-order valence-electron chi connectivity index (χ2n) is 4.93. The van der Waals surface area contributed by atoms with Crippen LogP contribution in [0.25, 0.3) is 11.3 Å². The lowest BCUT2D eigenvalue weighted by Gasteiger charge is -2.22. The molecule has 100 valence electrons. The maximum Gasteiger partial charge on any atom is 0.0695 e. The number of nitrogens with zero attached hydrogens (tertiary/aromatic N) is 1. The maximum atomic E-state index is 4.19. The van der Waals surface area contributed by atoms with Crippen LogP contribution in [-0.2, 0) is 6.54 Å². The van der Waals surface area contributed by atoms with Gasteiger partial charge in [0.1, 0.15) is 0 Å². The topological polar surface area (TPSA) is 40.7 Å². The number of nitrogens with one attached hydrogen (secondary N) is 2. The van der Waals surface area contributed by atoms with Crippen molar-refractivity contribution in [1.82, 2.24) is 15.5 Å². The summed E-state index contributed by atoms with van der Waals surface area (Å²) < 4.78 is 0. The Morgan fingerprint density at radius 3 is 3.00 bits per heavy atom. The minimum absolute atomic E-state index is 0.650. The van der Waals surface area contributed by atoms with Crippen LogP contribution in [-0.4, -0.2) is 27.7 Å². The third kappa shape index (κ3) is 3.19. The monoisotopic (exact) mass is 273 g/mol. The Morgan fingerprint density at radius 1 is 1.32 bits per heavy atom. The molecule has 1 atom stereocenters. The minimum Gasteiger partial charge on any atom is -0.309 e. The van der Waals surface area contributed by atoms with Gasteiger partial charge in [0.25, 0.3) is 0 Å². The highest BCUT2D eigenvalue weighted by Crippen LogP contribution is 2.22. The van der Waals surface area contributed by atoms with Gasteiger partial charge in [-0.25, -0.2) is 0 Å². The van der Waals surface area contributed by atoms with Gasteiger partial charge < -0.3 is 5.32 Å². The number of benzene rings is 1. The smallest absolute Gasteiger partial charge is 0.0695 e. The number of thioether (sulfide) groups is 1. The quantitative estimate of drug-likeness (QED) is 0.899. The minimum atomic E-state index is 0.650. The molecule has 2 heterocycles. The van der Waals surface area contributed by atoms with Gasteiger partial charge in [-0.3, -0.25) is 5.10 Å². The molecule has 1 aliphatic rings. The van der Waals surface area contributed by atoms with E-state index >= 15 is 0 Å². The molecule has 0 saturated carbocycles. The Hall–Kier alpha value is -1.26. The summed E-state index contributed by atoms with van der Waals surface area (Å²) in [7, 11) is 0. The fourth-order valence-electron chi connectivity index (χ4n) is 2.46. The molecule has 0 bridgehead atoms. The first-order chi connectivity index (χ1) is 9.43. The van der Waals surface area contributed by atoms with Crippen molar-refractivity contribution in [2.75, 3.05) is 11.5 Å². The van der Waals surface area contributed by atoms with Crippen molar-refractivity contribution >= 4 is 11.8 Å². The van der Waals surface area contributed by atoms with E-state index in [1.807, 2.05) is 12.3 Å². The van der Waals surface area contributed by atoms with Crippen LogP contribution in [0.1, 0.15) is 18.4 Å². The zero-order chi connectivity index (χ0) is 12.9. The predicted octanol–water partition coefficient (Wildman–Crippen LogP) is 3.06. The molecule has 0 aliphatic carbocycles. The molecule has 4 heteroatoms. The molecular weight excluding hydrogens is 254 g/mol. The SMILES string of the molecule is c1ccc(-c2[nH]ncc2CN[C@H]2CCCSC2)cc1. The third-order valence-electron chi connectivity index (χ3n) is 3.52. The zero-order valence-corrected chi connectivity index (χ0v) is 11.7. The van der Waals surface area contributed by atoms with Crippen molar-refractivity contribution in [3.63, 3.8) is 0 Å². The van der Waals surface area contributed by atoms with Crippen molar-refractivity contribution < 1.29 is 0 Å². The van der Waals surface area contributed by atoms with E-state index in [4.69, 9.17) is 0 Å². The summed E-state index contributed by atoms with van der Waals surface area (Å²) in [4.78, 5) is 0. The summed E-state index contributed by atoms with van der Waals surface area (Å²) in [6, 6.07) is 11.0. The lowest BCUT2D eigenvalue weighted by atomic mass is 10.1. The Bertz CT molecular complexity index is 503. The van der Waals surface area contributed by atoms with Gasteiger partial charge in [-0.15, -0.1) is 0 Å². The zero-order valence-electron chi connectivity index (χ0n) is 10.9. The van der Waals surface area contributed by atoms with Gasteiger partial charge in [0.2, 0.25) is 0 Å². The van der Waals surface area contributed by atoms with Crippen LogP contribution in [0.4, 0.5) is 0 Å². The Balaban J connectivity index is 1.67. The van der Waals surface area contributed by atoms with Gasteiger partial charge in [0.05, 0.1) is 11.9 Å². The molecule has 0 radical (unpaired) electrons. The molecule has 2 aromatic rings. The highest BCUT2D eigenvalue weighted by molar-refractivity contribution is 7.99. The van der Waals surface area contributed by atoms with Crippen molar-refractivity contribution in [3.8, 4) is 11.3 Å². The maximum absolute atomic E-state index is 4.19. The normalized spacial score (nSPS) is 19.5. The van der Waals surface area contributed by atoms with Gasteiger partial charge >= 0.3 is 0 Å². The number of rotatable bonds is 4. The number of aromatic amines is 1. The first-order valence-corrected chi connectivity index (χ1v) is 7.98. The molecule has 3 nitrogen and oxygen atoms in total. The Labute approximate surface area is 118 Å². The van der Waals surface area contributed by atoms with E-state index in [9.17, 15) is 0 Å². The fourth-order valence-corrected chi connectivity index (χ4v) is 3.56. The molecule has 1 saturated heterocycles. The van der Waals surface area contributed by atoms with Gasteiger partial charge in [-0.2, -0.15) is 16.9 Å². The molecule has 0 spiro atoms. The summed E-state index contributed by atoms with van der Waals surface area (Å²) in [5.74, 6) is 2.55. The van der Waals surface area contributed by atoms with Crippen molar-refractivity contribution in [2.45, 2.75) is 25.4 Å². The molecule has 1 aliphatic heterocycles. The highest BCUT2D eigenvalue weighted by atomic mass is 32.2. The molecule has 1 fully saturated rings. The lowest BCUT2D eigenvalue weighted by Crippen LogP contribution is -2.33. The van der Waals surface area contributed by atoms with E-state index in [0.29, 0.717) is 6.04 Å². The largest absolute Gasteiger partial charge is 0.309 e. The molecule has 1 aromatic heterocycles. The molecule has 0 unspecified atom stereocenters. The second-order valence-corrected chi connectivity index (χ2v) is 6.08. The average molecular weight is 273 g/mol. The average Bonchev–Trinajstić information content (AvgIpc) is 2.95. The third-order valence-corrected chi connectivity index (χ3v) is 4.74. The van der Waals surface area contributed by atoms with Crippen LogP contribution in [0.5, 0.6) is 0 Å². The molecule has 2 N–H and O–H groups in total. The Morgan fingerprint density at radius 2 is 2.21 bits per heavy atom. The van der Waals surface area contributed by atoms with Crippen molar-refractivity contribution in [3.05, 3.63) is 42.1 Å². The van der Waals surface area contributed by atoms with E-state index < -0.39 is 0 Å².